The fraction of sp³-hybridized carbons (Fsp3) is 0.636. The van der Waals surface area contributed by atoms with Gasteiger partial charge in [-0.25, -0.2) is 4.79 Å². The minimum Gasteiger partial charge on any atom is -0.455 e. The first-order valence-corrected chi connectivity index (χ1v) is 5.28. The largest absolute Gasteiger partial charge is 0.455 e. The Balaban J connectivity index is 2.67. The Kier molecular flexibility index (Phi) is 4.00. The van der Waals surface area contributed by atoms with Crippen LogP contribution < -0.4 is 0 Å². The molecule has 0 aromatic rings. The van der Waals surface area contributed by atoms with E-state index < -0.39 is 0 Å². The predicted octanol–water partition coefficient (Wildman–Crippen LogP) is 2.26. The van der Waals surface area contributed by atoms with Crippen LogP contribution in [-0.4, -0.2) is 23.8 Å². The summed E-state index contributed by atoms with van der Waals surface area (Å²) in [5, 5.41) is 4.24. The highest BCUT2D eigenvalue weighted by molar-refractivity contribution is 5.86. The maximum Gasteiger partial charge on any atom is 0.406 e. The predicted molar refractivity (Wildman–Crippen MR) is 56.1 cm³/mol. The summed E-state index contributed by atoms with van der Waals surface area (Å²) in [6.45, 7) is 5.75. The fourth-order valence-electron chi connectivity index (χ4n) is 1.37. The van der Waals surface area contributed by atoms with Crippen LogP contribution in [0.25, 0.3) is 0 Å². The Hall–Kier alpha value is -1.19. The van der Waals surface area contributed by atoms with Gasteiger partial charge >= 0.3 is 11.7 Å². The maximum atomic E-state index is 11.6. The number of ether oxygens (including phenoxy) is 1. The average Bonchev–Trinajstić information content (AvgIpc) is 2.46. The third-order valence-corrected chi connectivity index (χ3v) is 1.99. The van der Waals surface area contributed by atoms with Crippen molar-refractivity contribution in [3.05, 3.63) is 17.8 Å². The van der Waals surface area contributed by atoms with Crippen molar-refractivity contribution in [2.24, 2.45) is 5.11 Å². The summed E-state index contributed by atoms with van der Waals surface area (Å²) in [5.74, 6) is -0.303. The first-order chi connectivity index (χ1) is 7.04. The first-order valence-electron chi connectivity index (χ1n) is 5.28. The number of carbonyl (C=O) groups is 1. The van der Waals surface area contributed by atoms with Crippen molar-refractivity contribution in [3.63, 3.8) is 0 Å². The molecule has 1 rings (SSSR count). The second kappa shape index (κ2) is 5.05. The van der Waals surface area contributed by atoms with Gasteiger partial charge in [-0.1, -0.05) is 18.0 Å². The quantitative estimate of drug-likeness (QED) is 0.527. The van der Waals surface area contributed by atoms with Crippen LogP contribution in [0.5, 0.6) is 0 Å². The maximum absolute atomic E-state index is 11.6. The third kappa shape index (κ3) is 3.15. The van der Waals surface area contributed by atoms with Gasteiger partial charge in [0.1, 0.15) is 0 Å². The van der Waals surface area contributed by atoms with E-state index in [4.69, 9.17) is 4.74 Å². The van der Waals surface area contributed by atoms with E-state index in [-0.39, 0.29) is 12.1 Å². The molecule has 0 aliphatic carbocycles. The summed E-state index contributed by atoms with van der Waals surface area (Å²) in [7, 11) is 1.76. The van der Waals surface area contributed by atoms with Gasteiger partial charge in [-0.15, -0.1) is 0 Å². The number of likely N-dealkylation sites (N-methyl/N-ethyl adjacent to an activating group) is 1. The van der Waals surface area contributed by atoms with E-state index in [1.54, 1.807) is 17.8 Å². The van der Waals surface area contributed by atoms with Gasteiger partial charge in [-0.05, 0) is 25.4 Å². The average molecular weight is 210 g/mol. The fourth-order valence-corrected chi connectivity index (χ4v) is 1.37. The Labute approximate surface area is 90.6 Å². The number of esters is 1. The topological polar surface area (TPSA) is 41.7 Å². The summed E-state index contributed by atoms with van der Waals surface area (Å²) in [4.78, 5) is 11.6. The zero-order valence-corrected chi connectivity index (χ0v) is 9.78. The Morgan fingerprint density at radius 3 is 2.80 bits per heavy atom. The molecule has 4 nitrogen and oxygen atoms in total. The zero-order valence-electron chi connectivity index (χ0n) is 9.78. The Morgan fingerprint density at radius 2 is 2.27 bits per heavy atom. The van der Waals surface area contributed by atoms with Gasteiger partial charge in [0.15, 0.2) is 13.1 Å². The van der Waals surface area contributed by atoms with Crippen LogP contribution in [0.3, 0.4) is 0 Å². The molecule has 1 aliphatic heterocycles. The first kappa shape index (κ1) is 11.9. The van der Waals surface area contributed by atoms with Crippen molar-refractivity contribution in [1.82, 2.24) is 0 Å². The number of rotatable bonds is 4. The van der Waals surface area contributed by atoms with Crippen LogP contribution in [0.15, 0.2) is 16.9 Å². The van der Waals surface area contributed by atoms with E-state index in [9.17, 15) is 4.79 Å². The number of hydrogen-bond donors (Lipinski definition) is 0. The molecule has 15 heavy (non-hydrogen) atoms. The standard InChI is InChI=1S/C11H18N2O2/c1-5-6-9-7-10(13(4)12-9)11(14)15-8(2)3/h7-8H,5-6H2,1-4H3/q+1. The van der Waals surface area contributed by atoms with Crippen molar-refractivity contribution in [2.45, 2.75) is 39.7 Å². The molecule has 1 radical (unpaired) electrons. The number of hydrogen-bond acceptors (Lipinski definition) is 3. The van der Waals surface area contributed by atoms with Crippen LogP contribution in [-0.2, 0) is 9.53 Å². The molecular formula is C11H18N2O2+. The number of nitrogens with zero attached hydrogens (tertiary/aromatic N) is 2. The summed E-state index contributed by atoms with van der Waals surface area (Å²) in [6.07, 6.45) is 3.62. The molecule has 0 saturated carbocycles. The van der Waals surface area contributed by atoms with Crippen molar-refractivity contribution < 1.29 is 14.2 Å². The Morgan fingerprint density at radius 1 is 1.60 bits per heavy atom. The van der Waals surface area contributed by atoms with E-state index in [1.165, 1.54) is 0 Å². The normalized spacial score (nSPS) is 16.6. The molecular weight excluding hydrogens is 192 g/mol. The SMILES string of the molecule is CCC[C]1C=C(C(=O)OC(C)C)[N+](C)=N1. The minimum absolute atomic E-state index is 0.0953. The summed E-state index contributed by atoms with van der Waals surface area (Å²) in [6, 6.07) is 0.940. The second-order valence-electron chi connectivity index (χ2n) is 3.85. The van der Waals surface area contributed by atoms with Gasteiger partial charge < -0.3 is 4.74 Å². The number of azo groups is 2. The van der Waals surface area contributed by atoms with E-state index in [0.29, 0.717) is 5.70 Å². The molecule has 4 heteroatoms. The monoisotopic (exact) mass is 210 g/mol. The molecule has 83 valence electrons. The molecule has 0 fully saturated rings. The lowest BCUT2D eigenvalue weighted by Crippen LogP contribution is -2.17. The van der Waals surface area contributed by atoms with Crippen LogP contribution in [0.4, 0.5) is 0 Å². The highest BCUT2D eigenvalue weighted by Crippen LogP contribution is 2.22. The van der Waals surface area contributed by atoms with E-state index >= 15 is 0 Å². The summed E-state index contributed by atoms with van der Waals surface area (Å²) >= 11 is 0. The lowest BCUT2D eigenvalue weighted by molar-refractivity contribution is -0.506. The molecule has 0 atom stereocenters. The minimum atomic E-state index is -0.303. The van der Waals surface area contributed by atoms with Crippen molar-refractivity contribution in [1.29, 1.82) is 0 Å². The molecule has 0 unspecified atom stereocenters. The van der Waals surface area contributed by atoms with Gasteiger partial charge in [-0.2, -0.15) is 0 Å². The van der Waals surface area contributed by atoms with Gasteiger partial charge in [0, 0.05) is 6.08 Å². The molecule has 0 N–H and O–H groups in total. The zero-order chi connectivity index (χ0) is 11.4. The van der Waals surface area contributed by atoms with E-state index in [2.05, 4.69) is 12.0 Å². The van der Waals surface area contributed by atoms with Crippen molar-refractivity contribution in [3.8, 4) is 0 Å². The summed E-state index contributed by atoms with van der Waals surface area (Å²) < 4.78 is 6.69. The van der Waals surface area contributed by atoms with Crippen LogP contribution in [0, 0.1) is 6.04 Å². The third-order valence-electron chi connectivity index (χ3n) is 1.99. The molecule has 0 aromatic heterocycles. The van der Waals surface area contributed by atoms with Crippen LogP contribution >= 0.6 is 0 Å². The molecule has 0 saturated heterocycles. The highest BCUT2D eigenvalue weighted by atomic mass is 16.5. The van der Waals surface area contributed by atoms with E-state index in [0.717, 1.165) is 18.9 Å². The molecule has 1 heterocycles. The Bertz CT molecular complexity index is 306. The molecule has 0 amide bonds. The van der Waals surface area contributed by atoms with Gasteiger partial charge in [-0.3, -0.25) is 0 Å². The smallest absolute Gasteiger partial charge is 0.406 e. The van der Waals surface area contributed by atoms with Gasteiger partial charge in [0.05, 0.1) is 6.10 Å². The molecule has 0 aromatic carbocycles. The van der Waals surface area contributed by atoms with Crippen molar-refractivity contribution >= 4 is 5.97 Å². The molecule has 0 bridgehead atoms. The van der Waals surface area contributed by atoms with Crippen molar-refractivity contribution in [2.75, 3.05) is 7.05 Å². The lowest BCUT2D eigenvalue weighted by Gasteiger charge is -2.04. The van der Waals surface area contributed by atoms with E-state index in [1.807, 2.05) is 13.8 Å². The number of carbonyl (C=O) groups excluding carboxylic acids is 1. The molecule has 1 aliphatic rings. The van der Waals surface area contributed by atoms with Gasteiger partial charge in [0.2, 0.25) is 0 Å². The second-order valence-corrected chi connectivity index (χ2v) is 3.85. The summed E-state index contributed by atoms with van der Waals surface area (Å²) in [5.41, 5.74) is 0.521. The highest BCUT2D eigenvalue weighted by Gasteiger charge is 2.32. The van der Waals surface area contributed by atoms with Crippen LogP contribution in [0.2, 0.25) is 0 Å². The lowest BCUT2D eigenvalue weighted by atomic mass is 10.1. The van der Waals surface area contributed by atoms with Gasteiger partial charge in [0.25, 0.3) is 0 Å². The molecule has 0 spiro atoms. The van der Waals surface area contributed by atoms with Crippen LogP contribution in [0.1, 0.15) is 33.6 Å².